The Morgan fingerprint density at radius 1 is 1.56 bits per heavy atom. The summed E-state index contributed by atoms with van der Waals surface area (Å²) < 4.78 is 0. The third-order valence-corrected chi connectivity index (χ3v) is 1.89. The van der Waals surface area contributed by atoms with Crippen LogP contribution >= 0.6 is 0 Å². The van der Waals surface area contributed by atoms with E-state index >= 15 is 0 Å². The summed E-state index contributed by atoms with van der Waals surface area (Å²) in [4.78, 5) is 10.8. The number of hydrogen-bond donors (Lipinski definition) is 1. The van der Waals surface area contributed by atoms with Crippen molar-refractivity contribution in [2.24, 2.45) is 0 Å². The molecule has 0 saturated heterocycles. The zero-order valence-electron chi connectivity index (χ0n) is 5.64. The van der Waals surface area contributed by atoms with Gasteiger partial charge in [0.2, 0.25) is 0 Å². The third kappa shape index (κ3) is 0.900. The number of Topliss-reactive ketones (excluding diaryl/α,β-unsaturated/α-hetero) is 1. The van der Waals surface area contributed by atoms with Crippen LogP contribution in [0.15, 0.2) is 11.1 Å². The van der Waals surface area contributed by atoms with Gasteiger partial charge in [0.05, 0.1) is 6.10 Å². The first-order valence-corrected chi connectivity index (χ1v) is 3.01. The fourth-order valence-electron chi connectivity index (χ4n) is 0.952. The van der Waals surface area contributed by atoms with Gasteiger partial charge in [-0.2, -0.15) is 0 Å². The van der Waals surface area contributed by atoms with Gasteiger partial charge in [0, 0.05) is 6.42 Å². The van der Waals surface area contributed by atoms with Gasteiger partial charge < -0.3 is 5.11 Å². The highest BCUT2D eigenvalue weighted by atomic mass is 16.3. The predicted molar refractivity (Wildman–Crippen MR) is 34.0 cm³/mol. The Bertz CT molecular complexity index is 179. The van der Waals surface area contributed by atoms with E-state index in [4.69, 9.17) is 5.11 Å². The van der Waals surface area contributed by atoms with E-state index in [1.165, 1.54) is 0 Å². The van der Waals surface area contributed by atoms with E-state index in [1.54, 1.807) is 13.8 Å². The van der Waals surface area contributed by atoms with Crippen LogP contribution in [0.5, 0.6) is 0 Å². The zero-order chi connectivity index (χ0) is 7.02. The molecule has 50 valence electrons. The van der Waals surface area contributed by atoms with E-state index in [9.17, 15) is 4.79 Å². The molecule has 0 aromatic carbocycles. The maximum absolute atomic E-state index is 10.8. The van der Waals surface area contributed by atoms with Crippen LogP contribution in [-0.2, 0) is 4.79 Å². The van der Waals surface area contributed by atoms with Crippen molar-refractivity contribution in [2.45, 2.75) is 26.4 Å². The van der Waals surface area contributed by atoms with Crippen LogP contribution in [-0.4, -0.2) is 17.0 Å². The summed E-state index contributed by atoms with van der Waals surface area (Å²) in [6, 6.07) is 0. The van der Waals surface area contributed by atoms with Crippen molar-refractivity contribution in [3.63, 3.8) is 0 Å². The molecule has 0 aromatic heterocycles. The lowest BCUT2D eigenvalue weighted by molar-refractivity contribution is -0.115. The molecule has 0 amide bonds. The molecule has 0 aromatic rings. The normalized spacial score (nSPS) is 27.9. The molecule has 0 bridgehead atoms. The van der Waals surface area contributed by atoms with E-state index in [2.05, 4.69) is 0 Å². The number of hydrogen-bond acceptors (Lipinski definition) is 2. The maximum atomic E-state index is 10.8. The van der Waals surface area contributed by atoms with Crippen molar-refractivity contribution in [2.75, 3.05) is 0 Å². The fourth-order valence-corrected chi connectivity index (χ4v) is 0.952. The standard InChI is InChI=1S/C7H10O2/c1-4-5(2)7(9)3-6(4)8/h6,8H,3H2,1-2H3. The molecule has 0 fully saturated rings. The molecule has 0 aliphatic heterocycles. The molecule has 0 heterocycles. The van der Waals surface area contributed by atoms with Gasteiger partial charge >= 0.3 is 0 Å². The van der Waals surface area contributed by atoms with E-state index in [0.29, 0.717) is 0 Å². The molecule has 1 N–H and O–H groups in total. The van der Waals surface area contributed by atoms with Gasteiger partial charge in [-0.15, -0.1) is 0 Å². The van der Waals surface area contributed by atoms with Gasteiger partial charge in [0.1, 0.15) is 0 Å². The first kappa shape index (κ1) is 6.49. The largest absolute Gasteiger partial charge is 0.388 e. The molecule has 1 aliphatic carbocycles. The molecule has 1 aliphatic rings. The lowest BCUT2D eigenvalue weighted by Crippen LogP contribution is -2.03. The predicted octanol–water partition coefficient (Wildman–Crippen LogP) is 0.657. The Hall–Kier alpha value is -0.630. The first-order valence-electron chi connectivity index (χ1n) is 3.01. The summed E-state index contributed by atoms with van der Waals surface area (Å²) in [5, 5.41) is 9.06. The SMILES string of the molecule is CC1=C(C)C(O)CC1=O. The summed E-state index contributed by atoms with van der Waals surface area (Å²) in [6.07, 6.45) is -0.213. The maximum Gasteiger partial charge on any atom is 0.161 e. The second-order valence-electron chi connectivity index (χ2n) is 2.45. The number of aliphatic hydroxyl groups is 1. The van der Waals surface area contributed by atoms with Crippen LogP contribution in [0, 0.1) is 0 Å². The lowest BCUT2D eigenvalue weighted by atomic mass is 10.2. The average Bonchev–Trinajstić information content (AvgIpc) is 1.98. The summed E-state index contributed by atoms with van der Waals surface area (Å²) in [7, 11) is 0. The number of carbonyl (C=O) groups is 1. The number of aliphatic hydroxyl groups excluding tert-OH is 1. The van der Waals surface area contributed by atoms with Gasteiger partial charge in [-0.25, -0.2) is 0 Å². The molecular weight excluding hydrogens is 116 g/mol. The molecule has 9 heavy (non-hydrogen) atoms. The minimum Gasteiger partial charge on any atom is -0.388 e. The Balaban J connectivity index is 2.92. The highest BCUT2D eigenvalue weighted by Crippen LogP contribution is 2.21. The first-order chi connectivity index (χ1) is 4.13. The van der Waals surface area contributed by atoms with Crippen LogP contribution in [0.2, 0.25) is 0 Å². The average molecular weight is 126 g/mol. The fraction of sp³-hybridized carbons (Fsp3) is 0.571. The monoisotopic (exact) mass is 126 g/mol. The van der Waals surface area contributed by atoms with Crippen molar-refractivity contribution < 1.29 is 9.90 Å². The number of allylic oxidation sites excluding steroid dienone is 1. The summed E-state index contributed by atoms with van der Waals surface area (Å²) in [5.74, 6) is 0.0833. The Kier molecular flexibility index (Phi) is 1.41. The van der Waals surface area contributed by atoms with Gasteiger partial charge in [0.15, 0.2) is 5.78 Å². The molecular formula is C7H10O2. The topological polar surface area (TPSA) is 37.3 Å². The second kappa shape index (κ2) is 1.95. The van der Waals surface area contributed by atoms with Gasteiger partial charge in [-0.05, 0) is 25.0 Å². The second-order valence-corrected chi connectivity index (χ2v) is 2.45. The Morgan fingerprint density at radius 2 is 2.11 bits per heavy atom. The van der Waals surface area contributed by atoms with E-state index in [1.807, 2.05) is 0 Å². The number of carbonyl (C=O) groups excluding carboxylic acids is 1. The van der Waals surface area contributed by atoms with Crippen LogP contribution in [0.3, 0.4) is 0 Å². The summed E-state index contributed by atoms with van der Waals surface area (Å²) in [5.41, 5.74) is 1.57. The minimum atomic E-state index is -0.502. The Labute approximate surface area is 54.2 Å². The molecule has 1 atom stereocenters. The Morgan fingerprint density at radius 3 is 2.22 bits per heavy atom. The van der Waals surface area contributed by atoms with Crippen molar-refractivity contribution in [3.05, 3.63) is 11.1 Å². The van der Waals surface area contributed by atoms with E-state index < -0.39 is 6.10 Å². The highest BCUT2D eigenvalue weighted by molar-refractivity contribution is 5.98. The summed E-state index contributed by atoms with van der Waals surface area (Å²) in [6.45, 7) is 3.55. The highest BCUT2D eigenvalue weighted by Gasteiger charge is 2.24. The van der Waals surface area contributed by atoms with Gasteiger partial charge in [-0.3, -0.25) is 4.79 Å². The zero-order valence-corrected chi connectivity index (χ0v) is 5.64. The van der Waals surface area contributed by atoms with E-state index in [-0.39, 0.29) is 12.2 Å². The van der Waals surface area contributed by atoms with Gasteiger partial charge in [-0.1, -0.05) is 0 Å². The third-order valence-electron chi connectivity index (χ3n) is 1.89. The van der Waals surface area contributed by atoms with Crippen LogP contribution in [0.4, 0.5) is 0 Å². The van der Waals surface area contributed by atoms with Crippen molar-refractivity contribution in [3.8, 4) is 0 Å². The van der Waals surface area contributed by atoms with Crippen molar-refractivity contribution in [1.82, 2.24) is 0 Å². The smallest absolute Gasteiger partial charge is 0.161 e. The number of ketones is 1. The van der Waals surface area contributed by atoms with Crippen molar-refractivity contribution in [1.29, 1.82) is 0 Å². The molecule has 1 unspecified atom stereocenters. The van der Waals surface area contributed by atoms with Crippen LogP contribution < -0.4 is 0 Å². The van der Waals surface area contributed by atoms with Crippen LogP contribution in [0.25, 0.3) is 0 Å². The molecule has 0 saturated carbocycles. The minimum absolute atomic E-state index is 0.0833. The number of rotatable bonds is 0. The van der Waals surface area contributed by atoms with Crippen molar-refractivity contribution >= 4 is 5.78 Å². The molecule has 2 nitrogen and oxygen atoms in total. The van der Waals surface area contributed by atoms with Crippen LogP contribution in [0.1, 0.15) is 20.3 Å². The molecule has 0 radical (unpaired) electrons. The summed E-state index contributed by atoms with van der Waals surface area (Å²) >= 11 is 0. The molecule has 1 rings (SSSR count). The quantitative estimate of drug-likeness (QED) is 0.517. The molecule has 0 spiro atoms. The lowest BCUT2D eigenvalue weighted by Gasteiger charge is -1.97. The van der Waals surface area contributed by atoms with E-state index in [0.717, 1.165) is 11.1 Å². The van der Waals surface area contributed by atoms with Gasteiger partial charge in [0.25, 0.3) is 0 Å². The molecule has 2 heteroatoms.